The van der Waals surface area contributed by atoms with E-state index in [9.17, 15) is 13.5 Å². The van der Waals surface area contributed by atoms with Crippen molar-refractivity contribution >= 4 is 10.0 Å². The molecule has 1 aliphatic carbocycles. The van der Waals surface area contributed by atoms with Crippen molar-refractivity contribution < 1.29 is 13.5 Å². The molecule has 23 heavy (non-hydrogen) atoms. The van der Waals surface area contributed by atoms with Gasteiger partial charge in [0, 0.05) is 25.2 Å². The number of aliphatic hydroxyl groups is 1. The second-order valence-corrected chi connectivity index (χ2v) is 8.37. The normalized spacial score (nSPS) is 27.9. The predicted molar refractivity (Wildman–Crippen MR) is 89.6 cm³/mol. The van der Waals surface area contributed by atoms with E-state index in [-0.39, 0.29) is 18.2 Å². The zero-order chi connectivity index (χ0) is 16.3. The lowest BCUT2D eigenvalue weighted by Crippen LogP contribution is -2.55. The summed E-state index contributed by atoms with van der Waals surface area (Å²) in [5, 5.41) is 9.69. The molecule has 1 saturated carbocycles. The van der Waals surface area contributed by atoms with Crippen molar-refractivity contribution in [1.82, 2.24) is 9.62 Å². The van der Waals surface area contributed by atoms with E-state index >= 15 is 0 Å². The minimum Gasteiger partial charge on any atom is -0.393 e. The van der Waals surface area contributed by atoms with Gasteiger partial charge < -0.3 is 5.11 Å². The van der Waals surface area contributed by atoms with Gasteiger partial charge in [-0.3, -0.25) is 4.90 Å². The molecule has 0 radical (unpaired) electrons. The molecule has 128 valence electrons. The van der Waals surface area contributed by atoms with Crippen LogP contribution in [0, 0.1) is 0 Å². The van der Waals surface area contributed by atoms with Crippen LogP contribution in [0.3, 0.4) is 0 Å². The van der Waals surface area contributed by atoms with Crippen LogP contribution in [-0.4, -0.2) is 49.7 Å². The van der Waals surface area contributed by atoms with E-state index < -0.39 is 10.0 Å². The van der Waals surface area contributed by atoms with Gasteiger partial charge in [0.2, 0.25) is 10.0 Å². The van der Waals surface area contributed by atoms with E-state index in [1.54, 1.807) is 24.3 Å². The molecule has 6 heteroatoms. The summed E-state index contributed by atoms with van der Waals surface area (Å²) in [6, 6.07) is 8.80. The van der Waals surface area contributed by atoms with Crippen molar-refractivity contribution in [3.63, 3.8) is 0 Å². The third-order valence-corrected chi connectivity index (χ3v) is 6.56. The van der Waals surface area contributed by atoms with Crippen molar-refractivity contribution in [2.24, 2.45) is 0 Å². The van der Waals surface area contributed by atoms with Gasteiger partial charge in [-0.15, -0.1) is 0 Å². The highest BCUT2D eigenvalue weighted by atomic mass is 32.2. The molecule has 1 aromatic carbocycles. The molecule has 1 aliphatic heterocycles. The van der Waals surface area contributed by atoms with Crippen LogP contribution in [0.5, 0.6) is 0 Å². The van der Waals surface area contributed by atoms with Crippen molar-refractivity contribution in [3.05, 3.63) is 30.3 Å². The number of rotatable bonds is 4. The highest BCUT2D eigenvalue weighted by Gasteiger charge is 2.34. The van der Waals surface area contributed by atoms with Gasteiger partial charge in [-0.05, 0) is 37.8 Å². The minimum atomic E-state index is -3.47. The first kappa shape index (κ1) is 16.9. The Hall–Kier alpha value is -0.950. The number of hydrogen-bond acceptors (Lipinski definition) is 4. The minimum absolute atomic E-state index is 0.0378. The molecule has 0 aromatic heterocycles. The fourth-order valence-corrected chi connectivity index (χ4v) is 5.10. The highest BCUT2D eigenvalue weighted by Crippen LogP contribution is 2.27. The van der Waals surface area contributed by atoms with E-state index in [0.29, 0.717) is 4.90 Å². The largest absolute Gasteiger partial charge is 0.393 e. The van der Waals surface area contributed by atoms with Gasteiger partial charge in [0.05, 0.1) is 11.0 Å². The number of likely N-dealkylation sites (tertiary alicyclic amines) is 1. The number of sulfonamides is 1. The number of nitrogens with one attached hydrogen (secondary N) is 1. The Balaban J connectivity index is 1.72. The molecule has 2 aliphatic rings. The molecule has 0 unspecified atom stereocenters. The van der Waals surface area contributed by atoms with Crippen LogP contribution >= 0.6 is 0 Å². The van der Waals surface area contributed by atoms with Crippen molar-refractivity contribution in [2.45, 2.75) is 61.6 Å². The second-order valence-electron chi connectivity index (χ2n) is 6.66. The molecule has 1 heterocycles. The maximum absolute atomic E-state index is 12.6. The van der Waals surface area contributed by atoms with Crippen LogP contribution in [-0.2, 0) is 10.0 Å². The van der Waals surface area contributed by atoms with Crippen LogP contribution in [0.2, 0.25) is 0 Å². The molecule has 0 bridgehead atoms. The monoisotopic (exact) mass is 338 g/mol. The number of benzene rings is 1. The Labute approximate surface area is 138 Å². The third kappa shape index (κ3) is 4.12. The topological polar surface area (TPSA) is 69.6 Å². The first-order valence-corrected chi connectivity index (χ1v) is 10.0. The van der Waals surface area contributed by atoms with E-state index in [1.165, 1.54) is 0 Å². The van der Waals surface area contributed by atoms with Crippen molar-refractivity contribution in [1.29, 1.82) is 0 Å². The summed E-state index contributed by atoms with van der Waals surface area (Å²) in [7, 11) is -3.47. The lowest BCUT2D eigenvalue weighted by atomic mass is 9.88. The molecular formula is C17H26N2O3S. The molecule has 3 rings (SSSR count). The summed E-state index contributed by atoms with van der Waals surface area (Å²) in [4.78, 5) is 2.70. The van der Waals surface area contributed by atoms with Crippen LogP contribution in [0.25, 0.3) is 0 Å². The Bertz CT molecular complexity index is 598. The molecule has 0 spiro atoms. The maximum atomic E-state index is 12.6. The van der Waals surface area contributed by atoms with Gasteiger partial charge >= 0.3 is 0 Å². The van der Waals surface area contributed by atoms with E-state index in [1.807, 2.05) is 6.07 Å². The predicted octanol–water partition coefficient (Wildman–Crippen LogP) is 1.73. The fourth-order valence-electron chi connectivity index (χ4n) is 3.77. The lowest BCUT2D eigenvalue weighted by molar-refractivity contribution is 0.0420. The molecule has 2 fully saturated rings. The average Bonchev–Trinajstić information content (AvgIpc) is 2.57. The van der Waals surface area contributed by atoms with Gasteiger partial charge in [-0.2, -0.15) is 0 Å². The standard InChI is InChI=1S/C17H26N2O3S/c20-14-10-12-19(13-11-14)17-9-5-4-8-16(17)18-23(21,22)15-6-2-1-3-7-15/h1-3,6-7,14,16-18,20H,4-5,8-13H2/t16-,17-/m1/s1. The van der Waals surface area contributed by atoms with E-state index in [0.717, 1.165) is 51.6 Å². The molecule has 5 nitrogen and oxygen atoms in total. The van der Waals surface area contributed by atoms with Gasteiger partial charge in [0.1, 0.15) is 0 Å². The third-order valence-electron chi connectivity index (χ3n) is 5.06. The van der Waals surface area contributed by atoms with Gasteiger partial charge in [0.25, 0.3) is 0 Å². The first-order valence-electron chi connectivity index (χ1n) is 8.56. The van der Waals surface area contributed by atoms with Crippen LogP contribution in [0.4, 0.5) is 0 Å². The van der Waals surface area contributed by atoms with Crippen LogP contribution in [0.1, 0.15) is 38.5 Å². The summed E-state index contributed by atoms with van der Waals surface area (Å²) >= 11 is 0. The van der Waals surface area contributed by atoms with Crippen molar-refractivity contribution in [3.8, 4) is 0 Å². The summed E-state index contributed by atoms with van der Waals surface area (Å²) in [6.07, 6.45) is 5.49. The second kappa shape index (κ2) is 7.30. The molecule has 2 N–H and O–H groups in total. The zero-order valence-corrected chi connectivity index (χ0v) is 14.2. The van der Waals surface area contributed by atoms with Gasteiger partial charge in [-0.25, -0.2) is 13.1 Å². The maximum Gasteiger partial charge on any atom is 0.240 e. The van der Waals surface area contributed by atoms with E-state index in [4.69, 9.17) is 0 Å². The van der Waals surface area contributed by atoms with E-state index in [2.05, 4.69) is 9.62 Å². The zero-order valence-electron chi connectivity index (χ0n) is 13.4. The first-order chi connectivity index (χ1) is 11.1. The average molecular weight is 338 g/mol. The molecule has 0 amide bonds. The number of piperidine rings is 1. The number of nitrogens with zero attached hydrogens (tertiary/aromatic N) is 1. The Morgan fingerprint density at radius 2 is 1.65 bits per heavy atom. The number of aliphatic hydroxyl groups excluding tert-OH is 1. The Morgan fingerprint density at radius 1 is 1.00 bits per heavy atom. The van der Waals surface area contributed by atoms with Crippen LogP contribution < -0.4 is 4.72 Å². The molecule has 1 saturated heterocycles. The SMILES string of the molecule is O=S(=O)(N[C@@H]1CCCC[C@H]1N1CCC(O)CC1)c1ccccc1. The molecule has 1 aromatic rings. The van der Waals surface area contributed by atoms with Gasteiger partial charge in [-0.1, -0.05) is 31.0 Å². The molecular weight excluding hydrogens is 312 g/mol. The Kier molecular flexibility index (Phi) is 5.36. The molecule has 2 atom stereocenters. The summed E-state index contributed by atoms with van der Waals surface area (Å²) in [5.41, 5.74) is 0. The van der Waals surface area contributed by atoms with Crippen LogP contribution in [0.15, 0.2) is 35.2 Å². The Morgan fingerprint density at radius 3 is 2.35 bits per heavy atom. The fraction of sp³-hybridized carbons (Fsp3) is 0.647. The van der Waals surface area contributed by atoms with Gasteiger partial charge in [0.15, 0.2) is 0 Å². The van der Waals surface area contributed by atoms with Crippen molar-refractivity contribution in [2.75, 3.05) is 13.1 Å². The number of hydrogen-bond donors (Lipinski definition) is 2. The highest BCUT2D eigenvalue weighted by molar-refractivity contribution is 7.89. The summed E-state index contributed by atoms with van der Waals surface area (Å²) < 4.78 is 28.2. The quantitative estimate of drug-likeness (QED) is 0.877. The summed E-state index contributed by atoms with van der Waals surface area (Å²) in [6.45, 7) is 1.71. The lowest BCUT2D eigenvalue weighted by Gasteiger charge is -2.42. The summed E-state index contributed by atoms with van der Waals surface area (Å²) in [5.74, 6) is 0. The smallest absolute Gasteiger partial charge is 0.240 e.